The van der Waals surface area contributed by atoms with E-state index in [1.165, 1.54) is 7.11 Å². The molecular weight excluding hydrogens is 312 g/mol. The van der Waals surface area contributed by atoms with E-state index in [1.807, 2.05) is 62.5 Å². The Morgan fingerprint density at radius 2 is 1.80 bits per heavy atom. The highest BCUT2D eigenvalue weighted by atomic mass is 16.5. The molecule has 2 aromatic carbocycles. The van der Waals surface area contributed by atoms with Crippen molar-refractivity contribution in [1.29, 1.82) is 0 Å². The Balaban J connectivity index is 0.00000109. The fraction of sp³-hybridized carbons (Fsp3) is 0.143. The first kappa shape index (κ1) is 18.0. The number of hydrogen-bond acceptors (Lipinski definition) is 3. The van der Waals surface area contributed by atoms with Gasteiger partial charge in [-0.05, 0) is 36.4 Å². The van der Waals surface area contributed by atoms with Gasteiger partial charge in [-0.2, -0.15) is 5.10 Å². The van der Waals surface area contributed by atoms with Crippen molar-refractivity contribution in [3.8, 4) is 17.5 Å². The lowest BCUT2D eigenvalue weighted by Gasteiger charge is -2.07. The van der Waals surface area contributed by atoms with Gasteiger partial charge in [0.15, 0.2) is 0 Å². The predicted molar refractivity (Wildman–Crippen MR) is 98.7 cm³/mol. The third kappa shape index (κ3) is 4.58. The molecule has 3 rings (SSSR count). The van der Waals surface area contributed by atoms with E-state index in [0.29, 0.717) is 11.1 Å². The maximum Gasteiger partial charge on any atom is 0.337 e. The van der Waals surface area contributed by atoms with Crippen molar-refractivity contribution in [1.82, 2.24) is 9.78 Å². The monoisotopic (exact) mass is 332 g/mol. The van der Waals surface area contributed by atoms with E-state index in [1.54, 1.807) is 23.0 Å². The van der Waals surface area contributed by atoms with E-state index >= 15 is 0 Å². The Hall–Kier alpha value is -3.32. The fourth-order valence-corrected chi connectivity index (χ4v) is 2.15. The van der Waals surface area contributed by atoms with Gasteiger partial charge >= 0.3 is 5.97 Å². The second kappa shape index (κ2) is 9.09. The molecule has 4 heteroatoms. The summed E-state index contributed by atoms with van der Waals surface area (Å²) in [6.07, 6.45) is 3.53. The Morgan fingerprint density at radius 1 is 1.04 bits per heavy atom. The molecule has 0 radical (unpaired) electrons. The quantitative estimate of drug-likeness (QED) is 0.524. The Bertz CT molecular complexity index is 873. The molecule has 126 valence electrons. The Kier molecular flexibility index (Phi) is 6.56. The van der Waals surface area contributed by atoms with Gasteiger partial charge in [-0.25, -0.2) is 9.48 Å². The minimum absolute atomic E-state index is 0.389. The highest BCUT2D eigenvalue weighted by Gasteiger charge is 2.10. The smallest absolute Gasteiger partial charge is 0.337 e. The van der Waals surface area contributed by atoms with Crippen molar-refractivity contribution in [2.24, 2.45) is 0 Å². The van der Waals surface area contributed by atoms with E-state index < -0.39 is 0 Å². The number of esters is 1. The summed E-state index contributed by atoms with van der Waals surface area (Å²) in [5.41, 5.74) is 2.88. The summed E-state index contributed by atoms with van der Waals surface area (Å²) >= 11 is 0. The van der Waals surface area contributed by atoms with Gasteiger partial charge in [-0.3, -0.25) is 0 Å². The van der Waals surface area contributed by atoms with Crippen LogP contribution in [0.5, 0.6) is 0 Å². The van der Waals surface area contributed by atoms with Gasteiger partial charge in [0.2, 0.25) is 0 Å². The molecule has 0 bridgehead atoms. The molecule has 4 nitrogen and oxygen atoms in total. The molecule has 0 aliphatic carbocycles. The number of methoxy groups -OCH3 is 1. The number of hydrogen-bond donors (Lipinski definition) is 0. The van der Waals surface area contributed by atoms with Crippen LogP contribution in [0.15, 0.2) is 67.0 Å². The Morgan fingerprint density at radius 3 is 2.44 bits per heavy atom. The molecule has 0 unspecified atom stereocenters. The van der Waals surface area contributed by atoms with Gasteiger partial charge in [-0.15, -0.1) is 0 Å². The standard InChI is InChI=1S/C19H14N2O2.C2H6/c1-23-19(22)17-10-11-18(21-13-5-12-20-21)16(14-17)9-8-15-6-3-2-4-7-15;1-2/h2-7,10-14H,1H3;1-2H3. The van der Waals surface area contributed by atoms with Crippen molar-refractivity contribution in [3.05, 3.63) is 83.7 Å². The highest BCUT2D eigenvalue weighted by molar-refractivity contribution is 5.90. The van der Waals surface area contributed by atoms with Crippen molar-refractivity contribution in [2.75, 3.05) is 7.11 Å². The van der Waals surface area contributed by atoms with Crippen LogP contribution in [-0.2, 0) is 4.74 Å². The first-order chi connectivity index (χ1) is 12.3. The molecule has 1 aromatic heterocycles. The van der Waals surface area contributed by atoms with Gasteiger partial charge < -0.3 is 4.74 Å². The first-order valence-electron chi connectivity index (χ1n) is 8.07. The second-order valence-electron chi connectivity index (χ2n) is 4.79. The third-order valence-corrected chi connectivity index (χ3v) is 3.28. The molecule has 0 aliphatic rings. The summed E-state index contributed by atoms with van der Waals surface area (Å²) in [7, 11) is 1.36. The summed E-state index contributed by atoms with van der Waals surface area (Å²) in [5.74, 6) is 5.83. The summed E-state index contributed by atoms with van der Waals surface area (Å²) in [6.45, 7) is 4.00. The topological polar surface area (TPSA) is 44.1 Å². The highest BCUT2D eigenvalue weighted by Crippen LogP contribution is 2.16. The zero-order chi connectivity index (χ0) is 18.1. The number of carbonyl (C=O) groups excluding carboxylic acids is 1. The molecular formula is C21H20N2O2. The fourth-order valence-electron chi connectivity index (χ4n) is 2.15. The van der Waals surface area contributed by atoms with Crippen LogP contribution in [-0.4, -0.2) is 22.9 Å². The van der Waals surface area contributed by atoms with E-state index in [4.69, 9.17) is 4.74 Å². The van der Waals surface area contributed by atoms with Crippen LogP contribution >= 0.6 is 0 Å². The van der Waals surface area contributed by atoms with Crippen molar-refractivity contribution >= 4 is 5.97 Å². The molecule has 0 spiro atoms. The second-order valence-corrected chi connectivity index (χ2v) is 4.79. The summed E-state index contributed by atoms with van der Waals surface area (Å²) in [6, 6.07) is 16.8. The number of aromatic nitrogens is 2. The van der Waals surface area contributed by atoms with Crippen LogP contribution in [0.1, 0.15) is 35.3 Å². The van der Waals surface area contributed by atoms with Crippen molar-refractivity contribution < 1.29 is 9.53 Å². The zero-order valence-corrected chi connectivity index (χ0v) is 14.6. The molecule has 3 aromatic rings. The largest absolute Gasteiger partial charge is 0.465 e. The van der Waals surface area contributed by atoms with Crippen LogP contribution in [0, 0.1) is 11.8 Å². The molecule has 0 amide bonds. The predicted octanol–water partition coefficient (Wildman–Crippen LogP) is 4.08. The van der Waals surface area contributed by atoms with Gasteiger partial charge in [-0.1, -0.05) is 43.9 Å². The van der Waals surface area contributed by atoms with Crippen LogP contribution in [0.2, 0.25) is 0 Å². The SMILES string of the molecule is CC.COC(=O)c1ccc(-n2cccn2)c(C#Cc2ccccc2)c1. The van der Waals surface area contributed by atoms with E-state index in [0.717, 1.165) is 11.3 Å². The average molecular weight is 332 g/mol. The van der Waals surface area contributed by atoms with Crippen LogP contribution in [0.25, 0.3) is 5.69 Å². The molecule has 0 saturated heterocycles. The lowest BCUT2D eigenvalue weighted by Crippen LogP contribution is -2.04. The Labute approximate surface area is 148 Å². The summed E-state index contributed by atoms with van der Waals surface area (Å²) < 4.78 is 6.49. The maximum absolute atomic E-state index is 11.7. The third-order valence-electron chi connectivity index (χ3n) is 3.28. The molecule has 0 atom stereocenters. The van der Waals surface area contributed by atoms with Crippen molar-refractivity contribution in [3.63, 3.8) is 0 Å². The number of rotatable bonds is 2. The number of carbonyl (C=O) groups is 1. The molecule has 0 aliphatic heterocycles. The molecule has 25 heavy (non-hydrogen) atoms. The zero-order valence-electron chi connectivity index (χ0n) is 14.6. The normalized spacial score (nSPS) is 9.24. The van der Waals surface area contributed by atoms with E-state index in [2.05, 4.69) is 16.9 Å². The number of nitrogens with zero attached hydrogens (tertiary/aromatic N) is 2. The molecule has 0 fully saturated rings. The summed E-state index contributed by atoms with van der Waals surface area (Å²) in [4.78, 5) is 11.7. The van der Waals surface area contributed by atoms with Gasteiger partial charge in [0.25, 0.3) is 0 Å². The minimum atomic E-state index is -0.389. The first-order valence-corrected chi connectivity index (χ1v) is 8.07. The lowest BCUT2D eigenvalue weighted by molar-refractivity contribution is 0.0600. The van der Waals surface area contributed by atoms with Crippen LogP contribution in [0.4, 0.5) is 0 Å². The minimum Gasteiger partial charge on any atom is -0.465 e. The molecule has 0 saturated carbocycles. The van der Waals surface area contributed by atoms with Crippen LogP contribution < -0.4 is 0 Å². The molecule has 1 heterocycles. The van der Waals surface area contributed by atoms with Gasteiger partial charge in [0.1, 0.15) is 0 Å². The van der Waals surface area contributed by atoms with E-state index in [9.17, 15) is 4.79 Å². The van der Waals surface area contributed by atoms with Gasteiger partial charge in [0, 0.05) is 18.0 Å². The maximum atomic E-state index is 11.7. The number of ether oxygens (including phenoxy) is 1. The van der Waals surface area contributed by atoms with Gasteiger partial charge in [0.05, 0.1) is 23.9 Å². The number of benzene rings is 2. The average Bonchev–Trinajstić information content (AvgIpc) is 3.22. The summed E-state index contributed by atoms with van der Waals surface area (Å²) in [5, 5.41) is 4.23. The van der Waals surface area contributed by atoms with E-state index in [-0.39, 0.29) is 5.97 Å². The van der Waals surface area contributed by atoms with Crippen LogP contribution in [0.3, 0.4) is 0 Å². The molecule has 0 N–H and O–H groups in total. The van der Waals surface area contributed by atoms with Crippen molar-refractivity contribution in [2.45, 2.75) is 13.8 Å². The lowest BCUT2D eigenvalue weighted by atomic mass is 10.1.